The molecule has 184 valence electrons. The number of phenolic OH excluding ortho intramolecular Hbond substituents is 3. The predicted octanol–water partition coefficient (Wildman–Crippen LogP) is 6.28. The van der Waals surface area contributed by atoms with Crippen LogP contribution in [0.15, 0.2) is 33.5 Å². The molecule has 0 aliphatic rings. The molecule has 0 saturated heterocycles. The Morgan fingerprint density at radius 1 is 0.853 bits per heavy atom. The Morgan fingerprint density at radius 2 is 1.53 bits per heavy atom. The number of unbranched alkanes of at least 4 members (excludes halogenated alkanes) is 7. The molecule has 0 atom stereocenters. The Bertz CT molecular complexity index is 1180. The summed E-state index contributed by atoms with van der Waals surface area (Å²) in [4.78, 5) is 13.6. The Labute approximate surface area is 199 Å². The van der Waals surface area contributed by atoms with Crippen LogP contribution in [0.1, 0.15) is 63.9 Å². The van der Waals surface area contributed by atoms with Crippen molar-refractivity contribution in [2.45, 2.75) is 64.7 Å². The maximum atomic E-state index is 13.6. The molecule has 34 heavy (non-hydrogen) atoms. The van der Waals surface area contributed by atoms with Crippen molar-refractivity contribution in [3.63, 3.8) is 0 Å². The highest BCUT2D eigenvalue weighted by atomic mass is 16.5. The fourth-order valence-corrected chi connectivity index (χ4v) is 4.24. The van der Waals surface area contributed by atoms with E-state index in [2.05, 4.69) is 6.92 Å². The van der Waals surface area contributed by atoms with Crippen LogP contribution in [0, 0.1) is 0 Å². The van der Waals surface area contributed by atoms with Gasteiger partial charge in [0.2, 0.25) is 5.75 Å². The van der Waals surface area contributed by atoms with Crippen molar-refractivity contribution < 1.29 is 29.2 Å². The zero-order chi connectivity index (χ0) is 24.7. The monoisotopic (exact) mass is 470 g/mol. The third-order valence-electron chi connectivity index (χ3n) is 6.11. The van der Waals surface area contributed by atoms with Crippen molar-refractivity contribution in [2.75, 3.05) is 14.2 Å². The van der Waals surface area contributed by atoms with Gasteiger partial charge in [0.15, 0.2) is 28.4 Å². The Morgan fingerprint density at radius 3 is 2.15 bits per heavy atom. The molecule has 0 aliphatic heterocycles. The van der Waals surface area contributed by atoms with Crippen LogP contribution in [-0.4, -0.2) is 29.5 Å². The topological polar surface area (TPSA) is 109 Å². The molecule has 0 saturated carbocycles. The molecule has 7 heteroatoms. The van der Waals surface area contributed by atoms with Gasteiger partial charge in [0.25, 0.3) is 0 Å². The van der Waals surface area contributed by atoms with E-state index in [1.165, 1.54) is 64.5 Å². The van der Waals surface area contributed by atoms with E-state index in [4.69, 9.17) is 13.9 Å². The van der Waals surface area contributed by atoms with Crippen molar-refractivity contribution >= 4 is 11.0 Å². The number of hydrogen-bond acceptors (Lipinski definition) is 7. The lowest BCUT2D eigenvalue weighted by Crippen LogP contribution is -2.12. The molecular weight excluding hydrogens is 436 g/mol. The first kappa shape index (κ1) is 25.3. The largest absolute Gasteiger partial charge is 0.504 e. The lowest BCUT2D eigenvalue weighted by Gasteiger charge is -2.15. The molecule has 0 bridgehead atoms. The number of benzene rings is 2. The zero-order valence-electron chi connectivity index (χ0n) is 20.1. The van der Waals surface area contributed by atoms with Gasteiger partial charge in [0.05, 0.1) is 14.2 Å². The summed E-state index contributed by atoms with van der Waals surface area (Å²) in [6.45, 7) is 2.20. The molecule has 0 unspecified atom stereocenters. The maximum absolute atomic E-state index is 13.6. The number of aromatic hydroxyl groups is 3. The summed E-state index contributed by atoms with van der Waals surface area (Å²) in [6, 6.07) is 5.79. The molecule has 0 radical (unpaired) electrons. The third-order valence-corrected chi connectivity index (χ3v) is 6.11. The first-order valence-corrected chi connectivity index (χ1v) is 11.9. The zero-order valence-corrected chi connectivity index (χ0v) is 20.1. The van der Waals surface area contributed by atoms with E-state index in [1.807, 2.05) is 0 Å². The summed E-state index contributed by atoms with van der Waals surface area (Å²) < 4.78 is 16.6. The van der Waals surface area contributed by atoms with E-state index in [0.717, 1.165) is 19.3 Å². The van der Waals surface area contributed by atoms with E-state index >= 15 is 0 Å². The highest BCUT2D eigenvalue weighted by Gasteiger charge is 2.23. The smallest absolute Gasteiger partial charge is 0.204 e. The van der Waals surface area contributed by atoms with Crippen LogP contribution in [-0.2, 0) is 6.42 Å². The van der Waals surface area contributed by atoms with Crippen molar-refractivity contribution in [1.29, 1.82) is 0 Å². The lowest BCUT2D eigenvalue weighted by molar-refractivity contribution is 0.334. The van der Waals surface area contributed by atoms with E-state index in [-0.39, 0.29) is 45.1 Å². The van der Waals surface area contributed by atoms with E-state index in [0.29, 0.717) is 23.3 Å². The van der Waals surface area contributed by atoms with Gasteiger partial charge >= 0.3 is 0 Å². The van der Waals surface area contributed by atoms with E-state index in [9.17, 15) is 20.1 Å². The van der Waals surface area contributed by atoms with E-state index in [1.54, 1.807) is 6.07 Å². The summed E-state index contributed by atoms with van der Waals surface area (Å²) in [6.07, 6.45) is 9.44. The average molecular weight is 471 g/mol. The van der Waals surface area contributed by atoms with Crippen LogP contribution in [0.25, 0.3) is 22.3 Å². The van der Waals surface area contributed by atoms with Gasteiger partial charge in [-0.1, -0.05) is 51.9 Å². The molecule has 3 aromatic rings. The Hall–Kier alpha value is -3.35. The summed E-state index contributed by atoms with van der Waals surface area (Å²) in [5.74, 6) is -0.319. The average Bonchev–Trinajstić information content (AvgIpc) is 2.83. The first-order valence-electron chi connectivity index (χ1n) is 11.9. The fourth-order valence-electron chi connectivity index (χ4n) is 4.24. The van der Waals surface area contributed by atoms with Crippen LogP contribution in [0.2, 0.25) is 0 Å². The number of fused-ring (bicyclic) bond motifs is 1. The molecule has 3 rings (SSSR count). The van der Waals surface area contributed by atoms with Crippen LogP contribution in [0.3, 0.4) is 0 Å². The number of ether oxygens (including phenoxy) is 2. The van der Waals surface area contributed by atoms with Crippen molar-refractivity contribution in [1.82, 2.24) is 0 Å². The molecule has 7 nitrogen and oxygen atoms in total. The van der Waals surface area contributed by atoms with Gasteiger partial charge in [-0.3, -0.25) is 4.79 Å². The molecule has 0 spiro atoms. The van der Waals surface area contributed by atoms with E-state index < -0.39 is 0 Å². The van der Waals surface area contributed by atoms with Gasteiger partial charge in [-0.05, 0) is 31.0 Å². The van der Waals surface area contributed by atoms with Crippen molar-refractivity contribution in [3.05, 3.63) is 40.1 Å². The minimum absolute atomic E-state index is 0.0268. The number of methoxy groups -OCH3 is 2. The minimum Gasteiger partial charge on any atom is -0.504 e. The molecular formula is C27H34O7. The summed E-state index contributed by atoms with van der Waals surface area (Å²) in [5, 5.41) is 30.5. The Balaban J connectivity index is 2.01. The van der Waals surface area contributed by atoms with Crippen LogP contribution < -0.4 is 14.9 Å². The van der Waals surface area contributed by atoms with Gasteiger partial charge in [0, 0.05) is 17.2 Å². The SMILES string of the molecule is CCCCCCCCCCc1c(-c2ccc(O)c(O)c2)oc2cc(OC)c(OC)c(O)c2c1=O. The second kappa shape index (κ2) is 11.7. The number of phenols is 3. The minimum atomic E-state index is -0.356. The summed E-state index contributed by atoms with van der Waals surface area (Å²) in [5.41, 5.74) is 0.650. The van der Waals surface area contributed by atoms with Crippen LogP contribution in [0.4, 0.5) is 0 Å². The first-order chi connectivity index (χ1) is 16.4. The second-order valence-corrected chi connectivity index (χ2v) is 8.50. The molecule has 0 fully saturated rings. The molecule has 0 amide bonds. The predicted molar refractivity (Wildman–Crippen MR) is 132 cm³/mol. The van der Waals surface area contributed by atoms with Gasteiger partial charge in [0.1, 0.15) is 16.7 Å². The molecule has 2 aromatic carbocycles. The van der Waals surface area contributed by atoms with Crippen LogP contribution >= 0.6 is 0 Å². The van der Waals surface area contributed by atoms with Crippen LogP contribution in [0.5, 0.6) is 28.7 Å². The molecule has 1 heterocycles. The number of rotatable bonds is 12. The Kier molecular flexibility index (Phi) is 8.68. The highest BCUT2D eigenvalue weighted by molar-refractivity contribution is 5.90. The molecule has 1 aromatic heterocycles. The molecule has 3 N–H and O–H groups in total. The lowest BCUT2D eigenvalue weighted by atomic mass is 9.98. The second-order valence-electron chi connectivity index (χ2n) is 8.50. The third kappa shape index (κ3) is 5.41. The van der Waals surface area contributed by atoms with Gasteiger partial charge in [-0.15, -0.1) is 0 Å². The number of hydrogen-bond donors (Lipinski definition) is 3. The fraction of sp³-hybridized carbons (Fsp3) is 0.444. The normalized spacial score (nSPS) is 11.1. The quantitative estimate of drug-likeness (QED) is 0.211. The highest BCUT2D eigenvalue weighted by Crippen LogP contribution is 2.43. The molecule has 0 aliphatic carbocycles. The van der Waals surface area contributed by atoms with Gasteiger partial charge in [-0.2, -0.15) is 0 Å². The standard InChI is InChI=1S/C27H34O7/c1-4-5-6-7-8-9-10-11-12-18-24(30)23-21(16-22(32-2)27(33-3)25(23)31)34-26(18)17-13-14-19(28)20(29)15-17/h13-16,28-29,31H,4-12H2,1-3H3. The van der Waals surface area contributed by atoms with Gasteiger partial charge < -0.3 is 29.2 Å². The van der Waals surface area contributed by atoms with Crippen molar-refractivity contribution in [2.24, 2.45) is 0 Å². The van der Waals surface area contributed by atoms with Crippen molar-refractivity contribution in [3.8, 4) is 40.1 Å². The van der Waals surface area contributed by atoms with Gasteiger partial charge in [-0.25, -0.2) is 0 Å². The maximum Gasteiger partial charge on any atom is 0.204 e. The summed E-state index contributed by atoms with van der Waals surface area (Å²) in [7, 11) is 2.82. The summed E-state index contributed by atoms with van der Waals surface area (Å²) >= 11 is 0.